The topological polar surface area (TPSA) is 110 Å². The molecule has 0 aromatic carbocycles. The van der Waals surface area contributed by atoms with E-state index in [1.807, 2.05) is 16.7 Å². The number of hydrogen-bond acceptors (Lipinski definition) is 5. The highest BCUT2D eigenvalue weighted by molar-refractivity contribution is 7.89. The number of hydrogen-bond donors (Lipinski definition) is 1. The maximum atomic E-state index is 13.3. The summed E-state index contributed by atoms with van der Waals surface area (Å²) in [5, 5.41) is 5.03. The van der Waals surface area contributed by atoms with Crippen LogP contribution in [0.4, 0.5) is 4.79 Å². The molecule has 3 aliphatic carbocycles. The zero-order valence-corrected chi connectivity index (χ0v) is 21.0. The number of carbonyl (C=O) groups is 2. The minimum Gasteiger partial charge on any atom is -0.446 e. The first-order valence-electron chi connectivity index (χ1n) is 12.9. The van der Waals surface area contributed by atoms with E-state index in [2.05, 4.69) is 0 Å². The van der Waals surface area contributed by atoms with E-state index in [0.717, 1.165) is 57.8 Å². The van der Waals surface area contributed by atoms with Gasteiger partial charge in [0.2, 0.25) is 15.9 Å². The second-order valence-electron chi connectivity index (χ2n) is 10.9. The molecule has 1 heterocycles. The first-order chi connectivity index (χ1) is 15.6. The van der Waals surface area contributed by atoms with E-state index in [4.69, 9.17) is 9.88 Å². The predicted molar refractivity (Wildman–Crippen MR) is 126 cm³/mol. The van der Waals surface area contributed by atoms with Crippen LogP contribution in [0.2, 0.25) is 0 Å². The van der Waals surface area contributed by atoms with Crippen LogP contribution in [-0.4, -0.2) is 66.2 Å². The molecule has 3 saturated carbocycles. The van der Waals surface area contributed by atoms with E-state index in [0.29, 0.717) is 31.2 Å². The van der Waals surface area contributed by atoms with Gasteiger partial charge in [-0.2, -0.15) is 0 Å². The molecule has 2 amide bonds. The quantitative estimate of drug-likeness (QED) is 0.662. The van der Waals surface area contributed by atoms with Crippen LogP contribution in [0, 0.1) is 11.8 Å². The Hall–Kier alpha value is -1.35. The summed E-state index contributed by atoms with van der Waals surface area (Å²) in [6.07, 6.45) is 10.8. The molecule has 5 unspecified atom stereocenters. The van der Waals surface area contributed by atoms with Crippen molar-refractivity contribution in [3.8, 4) is 0 Å². The lowest BCUT2D eigenvalue weighted by Crippen LogP contribution is -2.67. The van der Waals surface area contributed by atoms with Crippen molar-refractivity contribution in [1.82, 2.24) is 9.80 Å². The third-order valence-corrected chi connectivity index (χ3v) is 10.1. The van der Waals surface area contributed by atoms with E-state index >= 15 is 0 Å². The second-order valence-corrected chi connectivity index (χ2v) is 12.8. The molecule has 4 rings (SSSR count). The molecule has 0 spiro atoms. The monoisotopic (exact) mass is 483 g/mol. The van der Waals surface area contributed by atoms with Crippen molar-refractivity contribution in [2.24, 2.45) is 17.0 Å². The SMILES string of the molecule is CC(=O)N1C2CCC(C3CCCC(S(N)(=O)=O)C3)CC2N(C(=O)OC2CCCCC2)C[C@@H]1C. The number of nitrogens with two attached hydrogens (primary N) is 1. The smallest absolute Gasteiger partial charge is 0.410 e. The molecule has 4 fully saturated rings. The fourth-order valence-electron chi connectivity index (χ4n) is 7.14. The molecule has 2 N–H and O–H groups in total. The fourth-order valence-corrected chi connectivity index (χ4v) is 8.15. The molecule has 0 aromatic rings. The maximum absolute atomic E-state index is 13.3. The Kier molecular flexibility index (Phi) is 7.58. The van der Waals surface area contributed by atoms with E-state index in [9.17, 15) is 18.0 Å². The third kappa shape index (κ3) is 5.50. The summed E-state index contributed by atoms with van der Waals surface area (Å²) in [7, 11) is -3.53. The molecule has 1 saturated heterocycles. The van der Waals surface area contributed by atoms with Crippen LogP contribution in [0.3, 0.4) is 0 Å². The number of sulfonamides is 1. The first kappa shape index (κ1) is 24.8. The lowest BCUT2D eigenvalue weighted by molar-refractivity contribution is -0.143. The number of nitrogens with zero attached hydrogens (tertiary/aromatic N) is 2. The van der Waals surface area contributed by atoms with Gasteiger partial charge < -0.3 is 14.5 Å². The average molecular weight is 484 g/mol. The van der Waals surface area contributed by atoms with Crippen LogP contribution in [0.15, 0.2) is 0 Å². The predicted octanol–water partition coefficient (Wildman–Crippen LogP) is 3.39. The molecule has 6 atom stereocenters. The molecular formula is C24H41N3O5S. The molecule has 1 aliphatic heterocycles. The van der Waals surface area contributed by atoms with E-state index in [1.54, 1.807) is 6.92 Å². The minimum atomic E-state index is -3.53. The largest absolute Gasteiger partial charge is 0.446 e. The van der Waals surface area contributed by atoms with Gasteiger partial charge in [-0.05, 0) is 76.5 Å². The summed E-state index contributed by atoms with van der Waals surface area (Å²) in [5.41, 5.74) is 0. The lowest BCUT2D eigenvalue weighted by atomic mass is 9.69. The number of amides is 2. The van der Waals surface area contributed by atoms with Crippen molar-refractivity contribution < 1.29 is 22.7 Å². The molecule has 0 bridgehead atoms. The van der Waals surface area contributed by atoms with Crippen LogP contribution < -0.4 is 5.14 Å². The van der Waals surface area contributed by atoms with Crippen molar-refractivity contribution in [3.63, 3.8) is 0 Å². The third-order valence-electron chi connectivity index (χ3n) is 8.73. The van der Waals surface area contributed by atoms with Gasteiger partial charge in [0.05, 0.1) is 17.3 Å². The summed E-state index contributed by atoms with van der Waals surface area (Å²) in [6.45, 7) is 4.12. The van der Waals surface area contributed by atoms with Gasteiger partial charge in [0.25, 0.3) is 0 Å². The Bertz CT molecular complexity index is 828. The first-order valence-corrected chi connectivity index (χ1v) is 14.5. The average Bonchev–Trinajstić information content (AvgIpc) is 2.78. The summed E-state index contributed by atoms with van der Waals surface area (Å²) in [5.74, 6) is 0.690. The van der Waals surface area contributed by atoms with Gasteiger partial charge in [-0.3, -0.25) is 4.79 Å². The van der Waals surface area contributed by atoms with Crippen LogP contribution in [-0.2, 0) is 19.6 Å². The summed E-state index contributed by atoms with van der Waals surface area (Å²) in [6, 6.07) is -0.116. The maximum Gasteiger partial charge on any atom is 0.410 e. The molecule has 4 aliphatic rings. The van der Waals surface area contributed by atoms with Crippen molar-refractivity contribution in [1.29, 1.82) is 0 Å². The Balaban J connectivity index is 1.51. The van der Waals surface area contributed by atoms with Crippen molar-refractivity contribution in [2.45, 2.75) is 120 Å². The lowest BCUT2D eigenvalue weighted by Gasteiger charge is -2.54. The van der Waals surface area contributed by atoms with Gasteiger partial charge in [-0.1, -0.05) is 19.3 Å². The summed E-state index contributed by atoms with van der Waals surface area (Å²) in [4.78, 5) is 29.7. The normalized spacial score (nSPS) is 36.2. The molecule has 0 aromatic heterocycles. The van der Waals surface area contributed by atoms with Gasteiger partial charge in [0.15, 0.2) is 0 Å². The highest BCUT2D eigenvalue weighted by Gasteiger charge is 2.48. The standard InChI is InChI=1S/C24H41N3O5S/c1-16-15-26(24(29)32-20-8-4-3-5-9-20)23-14-19(11-12-22(23)27(16)17(2)28)18-7-6-10-21(13-18)33(25,30)31/h16,18-23H,3-15H2,1-2H3,(H2,25,30,31)/t16-,18?,19?,21?,22?,23?/m0/s1. The van der Waals surface area contributed by atoms with Gasteiger partial charge in [0, 0.05) is 19.5 Å². The number of primary sulfonamides is 1. The number of piperazine rings is 1. The zero-order chi connectivity index (χ0) is 23.8. The van der Waals surface area contributed by atoms with Crippen LogP contribution in [0.1, 0.15) is 90.9 Å². The number of carbonyl (C=O) groups excluding carboxylic acids is 2. The van der Waals surface area contributed by atoms with Gasteiger partial charge in [-0.15, -0.1) is 0 Å². The zero-order valence-electron chi connectivity index (χ0n) is 20.2. The minimum absolute atomic E-state index is 0.000839. The molecule has 188 valence electrons. The molecule has 33 heavy (non-hydrogen) atoms. The molecule has 0 radical (unpaired) electrons. The number of rotatable bonds is 3. The highest BCUT2D eigenvalue weighted by Crippen LogP contribution is 2.43. The molecular weight excluding hydrogens is 442 g/mol. The van der Waals surface area contributed by atoms with Crippen molar-refractivity contribution in [2.75, 3.05) is 6.54 Å². The fraction of sp³-hybridized carbons (Fsp3) is 0.917. The summed E-state index contributed by atoms with van der Waals surface area (Å²) >= 11 is 0. The number of fused-ring (bicyclic) bond motifs is 1. The van der Waals surface area contributed by atoms with E-state index in [-0.39, 0.29) is 36.2 Å². The van der Waals surface area contributed by atoms with Gasteiger partial charge in [-0.25, -0.2) is 18.4 Å². The Morgan fingerprint density at radius 2 is 1.58 bits per heavy atom. The van der Waals surface area contributed by atoms with Gasteiger partial charge in [0.1, 0.15) is 6.10 Å². The molecule has 9 heteroatoms. The molecule has 8 nitrogen and oxygen atoms in total. The Morgan fingerprint density at radius 1 is 0.879 bits per heavy atom. The highest BCUT2D eigenvalue weighted by atomic mass is 32.2. The Morgan fingerprint density at radius 3 is 2.24 bits per heavy atom. The van der Waals surface area contributed by atoms with Crippen molar-refractivity contribution >= 4 is 22.0 Å². The number of ether oxygens (including phenoxy) is 1. The van der Waals surface area contributed by atoms with E-state index < -0.39 is 15.3 Å². The van der Waals surface area contributed by atoms with Crippen LogP contribution in [0.25, 0.3) is 0 Å². The van der Waals surface area contributed by atoms with Crippen molar-refractivity contribution in [3.05, 3.63) is 0 Å². The van der Waals surface area contributed by atoms with Gasteiger partial charge >= 0.3 is 6.09 Å². The van der Waals surface area contributed by atoms with E-state index in [1.165, 1.54) is 6.42 Å². The van der Waals surface area contributed by atoms with Crippen LogP contribution >= 0.6 is 0 Å². The Labute approximate surface area is 198 Å². The summed E-state index contributed by atoms with van der Waals surface area (Å²) < 4.78 is 29.9. The van der Waals surface area contributed by atoms with Crippen LogP contribution in [0.5, 0.6) is 0 Å². The second kappa shape index (κ2) is 10.1.